The van der Waals surface area contributed by atoms with Crippen LogP contribution in [0.25, 0.3) is 5.69 Å². The van der Waals surface area contributed by atoms with Crippen LogP contribution < -0.4 is 10.6 Å². The highest BCUT2D eigenvalue weighted by atomic mass is 16.2. The van der Waals surface area contributed by atoms with E-state index in [1.54, 1.807) is 17.2 Å². The number of hydrogen-bond donors (Lipinski definition) is 2. The van der Waals surface area contributed by atoms with Crippen molar-refractivity contribution in [2.75, 3.05) is 18.4 Å². The molecule has 23 heavy (non-hydrogen) atoms. The van der Waals surface area contributed by atoms with Crippen molar-refractivity contribution in [1.82, 2.24) is 20.3 Å². The van der Waals surface area contributed by atoms with Gasteiger partial charge in [-0.15, -0.1) is 0 Å². The molecule has 1 aliphatic heterocycles. The lowest BCUT2D eigenvalue weighted by Gasteiger charge is -2.37. The smallest absolute Gasteiger partial charge is 0.232 e. The number of carbonyl (C=O) groups excluding carboxylic acids is 1. The number of rotatable bonds is 3. The predicted octanol–water partition coefficient (Wildman–Crippen LogP) is 1.99. The second-order valence-corrected chi connectivity index (χ2v) is 6.55. The second-order valence-electron chi connectivity index (χ2n) is 6.55. The zero-order valence-corrected chi connectivity index (χ0v) is 13.0. The summed E-state index contributed by atoms with van der Waals surface area (Å²) < 4.78 is 0. The Kier molecular flexibility index (Phi) is 3.61. The number of nitrogens with one attached hydrogen (secondary N) is 2. The van der Waals surface area contributed by atoms with Gasteiger partial charge in [-0.1, -0.05) is 12.8 Å². The molecule has 2 atom stereocenters. The molecule has 2 heterocycles. The number of carbonyl (C=O) groups is 1. The Morgan fingerprint density at radius 2 is 2.00 bits per heavy atom. The normalized spacial score (nSPS) is 26.7. The van der Waals surface area contributed by atoms with E-state index in [0.29, 0.717) is 5.92 Å². The molecule has 0 radical (unpaired) electrons. The van der Waals surface area contributed by atoms with Gasteiger partial charge in [0.15, 0.2) is 0 Å². The Labute approximate surface area is 135 Å². The van der Waals surface area contributed by atoms with Crippen molar-refractivity contribution >= 4 is 11.6 Å². The lowest BCUT2D eigenvalue weighted by atomic mass is 9.67. The summed E-state index contributed by atoms with van der Waals surface area (Å²) in [6.07, 6.45) is 7.83. The molecule has 1 aromatic heterocycles. The molecule has 6 nitrogen and oxygen atoms in total. The molecule has 2 N–H and O–H groups in total. The molecule has 0 spiro atoms. The van der Waals surface area contributed by atoms with Gasteiger partial charge >= 0.3 is 0 Å². The van der Waals surface area contributed by atoms with E-state index in [-0.39, 0.29) is 11.3 Å². The lowest BCUT2D eigenvalue weighted by molar-refractivity contribution is -0.128. The van der Waals surface area contributed by atoms with Gasteiger partial charge in [0.25, 0.3) is 0 Å². The molecule has 120 valence electrons. The van der Waals surface area contributed by atoms with Crippen molar-refractivity contribution < 1.29 is 4.79 Å². The molecule has 2 aliphatic rings. The van der Waals surface area contributed by atoms with Gasteiger partial charge in [0, 0.05) is 12.2 Å². The number of fused-ring (bicyclic) bond motifs is 1. The molecule has 1 amide bonds. The summed E-state index contributed by atoms with van der Waals surface area (Å²) in [7, 11) is 0. The molecule has 0 unspecified atom stereocenters. The molecule has 2 aromatic rings. The maximum Gasteiger partial charge on any atom is 0.232 e. The third-order valence-electron chi connectivity index (χ3n) is 5.27. The van der Waals surface area contributed by atoms with E-state index in [1.807, 2.05) is 24.3 Å². The van der Waals surface area contributed by atoms with Crippen molar-refractivity contribution in [3.63, 3.8) is 0 Å². The van der Waals surface area contributed by atoms with Gasteiger partial charge < -0.3 is 10.6 Å². The van der Waals surface area contributed by atoms with Crippen LogP contribution in [0.1, 0.15) is 25.7 Å². The first-order chi connectivity index (χ1) is 11.3. The quantitative estimate of drug-likeness (QED) is 0.909. The van der Waals surface area contributed by atoms with Gasteiger partial charge in [-0.05, 0) is 49.6 Å². The van der Waals surface area contributed by atoms with Gasteiger partial charge in [0.05, 0.1) is 23.5 Å². The molecule has 2 fully saturated rings. The number of anilines is 1. The summed E-state index contributed by atoms with van der Waals surface area (Å²) >= 11 is 0. The van der Waals surface area contributed by atoms with Gasteiger partial charge in [0.1, 0.15) is 0 Å². The first-order valence-corrected chi connectivity index (χ1v) is 8.27. The highest BCUT2D eigenvalue weighted by Gasteiger charge is 2.49. The SMILES string of the molecule is O=C(Nc1ccc(-n2nccn2)cc1)[C@@]12CCCC[C@H]1CNC2. The molecule has 1 aliphatic carbocycles. The molecule has 0 bridgehead atoms. The van der Waals surface area contributed by atoms with Gasteiger partial charge in [-0.2, -0.15) is 15.0 Å². The Morgan fingerprint density at radius 3 is 2.78 bits per heavy atom. The van der Waals surface area contributed by atoms with Crippen LogP contribution >= 0.6 is 0 Å². The summed E-state index contributed by atoms with van der Waals surface area (Å²) in [5, 5.41) is 14.7. The van der Waals surface area contributed by atoms with E-state index in [4.69, 9.17) is 0 Å². The van der Waals surface area contributed by atoms with E-state index in [9.17, 15) is 4.79 Å². The van der Waals surface area contributed by atoms with E-state index in [2.05, 4.69) is 20.8 Å². The molecule has 4 rings (SSSR count). The van der Waals surface area contributed by atoms with Crippen molar-refractivity contribution in [3.05, 3.63) is 36.7 Å². The molecular weight excluding hydrogens is 290 g/mol. The van der Waals surface area contributed by atoms with Crippen molar-refractivity contribution in [2.24, 2.45) is 11.3 Å². The summed E-state index contributed by atoms with van der Waals surface area (Å²) in [4.78, 5) is 14.5. The third-order valence-corrected chi connectivity index (χ3v) is 5.27. The minimum Gasteiger partial charge on any atom is -0.326 e. The fourth-order valence-corrected chi connectivity index (χ4v) is 3.97. The Balaban J connectivity index is 1.50. The number of hydrogen-bond acceptors (Lipinski definition) is 4. The minimum absolute atomic E-state index is 0.164. The average Bonchev–Trinajstić information content (AvgIpc) is 3.25. The highest BCUT2D eigenvalue weighted by Crippen LogP contribution is 2.44. The zero-order chi connectivity index (χ0) is 15.7. The Bertz CT molecular complexity index is 682. The van der Waals surface area contributed by atoms with Crippen LogP contribution in [-0.4, -0.2) is 34.0 Å². The average molecular weight is 311 g/mol. The summed E-state index contributed by atoms with van der Waals surface area (Å²) in [6.45, 7) is 1.77. The number of benzene rings is 1. The molecule has 1 aromatic carbocycles. The molecule has 1 saturated heterocycles. The van der Waals surface area contributed by atoms with Crippen LogP contribution in [0.4, 0.5) is 5.69 Å². The Morgan fingerprint density at radius 1 is 1.22 bits per heavy atom. The number of nitrogens with zero attached hydrogens (tertiary/aromatic N) is 3. The van der Waals surface area contributed by atoms with E-state index < -0.39 is 0 Å². The second kappa shape index (κ2) is 5.77. The number of aromatic nitrogens is 3. The van der Waals surface area contributed by atoms with E-state index in [0.717, 1.165) is 43.7 Å². The highest BCUT2D eigenvalue weighted by molar-refractivity contribution is 5.96. The van der Waals surface area contributed by atoms with Crippen LogP contribution in [0, 0.1) is 11.3 Å². The maximum atomic E-state index is 12.9. The van der Waals surface area contributed by atoms with Crippen LogP contribution in [0.3, 0.4) is 0 Å². The lowest BCUT2D eigenvalue weighted by Crippen LogP contribution is -2.44. The van der Waals surface area contributed by atoms with Crippen molar-refractivity contribution in [2.45, 2.75) is 25.7 Å². The maximum absolute atomic E-state index is 12.9. The minimum atomic E-state index is -0.222. The molecule has 6 heteroatoms. The van der Waals surface area contributed by atoms with Gasteiger partial charge in [-0.25, -0.2) is 0 Å². The molecular formula is C17H21N5O. The predicted molar refractivity (Wildman–Crippen MR) is 87.2 cm³/mol. The number of amides is 1. The third kappa shape index (κ3) is 2.53. The summed E-state index contributed by atoms with van der Waals surface area (Å²) in [5.74, 6) is 0.640. The fourth-order valence-electron chi connectivity index (χ4n) is 3.97. The van der Waals surface area contributed by atoms with Crippen LogP contribution in [0.2, 0.25) is 0 Å². The summed E-state index contributed by atoms with van der Waals surface area (Å²) in [6, 6.07) is 7.65. The van der Waals surface area contributed by atoms with Crippen LogP contribution in [0.15, 0.2) is 36.7 Å². The van der Waals surface area contributed by atoms with Crippen molar-refractivity contribution in [3.8, 4) is 5.69 Å². The van der Waals surface area contributed by atoms with Gasteiger partial charge in [0.2, 0.25) is 5.91 Å². The Hall–Kier alpha value is -2.21. The summed E-state index contributed by atoms with van der Waals surface area (Å²) in [5.41, 5.74) is 1.49. The topological polar surface area (TPSA) is 71.8 Å². The molecule has 1 saturated carbocycles. The van der Waals surface area contributed by atoms with E-state index in [1.165, 1.54) is 6.42 Å². The van der Waals surface area contributed by atoms with Crippen LogP contribution in [-0.2, 0) is 4.79 Å². The van der Waals surface area contributed by atoms with E-state index >= 15 is 0 Å². The largest absolute Gasteiger partial charge is 0.326 e. The zero-order valence-electron chi connectivity index (χ0n) is 13.0. The fraction of sp³-hybridized carbons (Fsp3) is 0.471. The first-order valence-electron chi connectivity index (χ1n) is 8.27. The standard InChI is InChI=1S/C17H21N5O/c23-16(17-8-2-1-3-13(17)11-18-12-17)21-14-4-6-15(7-5-14)22-19-9-10-20-22/h4-7,9-10,13,18H,1-3,8,11-12H2,(H,21,23)/t13-,17+/m0/s1. The van der Waals surface area contributed by atoms with Gasteiger partial charge in [-0.3, -0.25) is 4.79 Å². The van der Waals surface area contributed by atoms with Crippen molar-refractivity contribution in [1.29, 1.82) is 0 Å². The van der Waals surface area contributed by atoms with Crippen LogP contribution in [0.5, 0.6) is 0 Å². The first kappa shape index (κ1) is 14.4. The monoisotopic (exact) mass is 311 g/mol.